The molecule has 0 unspecified atom stereocenters. The van der Waals surface area contributed by atoms with Crippen molar-refractivity contribution in [2.75, 3.05) is 32.6 Å². The number of hydrazone groups is 1. The zero-order valence-corrected chi connectivity index (χ0v) is 21.5. The van der Waals surface area contributed by atoms with Gasteiger partial charge in [-0.25, -0.2) is 24.4 Å². The van der Waals surface area contributed by atoms with Crippen molar-refractivity contribution < 1.29 is 13.9 Å². The summed E-state index contributed by atoms with van der Waals surface area (Å²) in [6.07, 6.45) is 3.19. The van der Waals surface area contributed by atoms with Crippen molar-refractivity contribution >= 4 is 46.2 Å². The molecule has 11 heteroatoms. The van der Waals surface area contributed by atoms with Crippen molar-refractivity contribution in [2.24, 2.45) is 10.1 Å². The summed E-state index contributed by atoms with van der Waals surface area (Å²) in [4.78, 5) is 13.2. The topological polar surface area (TPSA) is 96.3 Å². The van der Waals surface area contributed by atoms with Gasteiger partial charge in [0.15, 0.2) is 0 Å². The summed E-state index contributed by atoms with van der Waals surface area (Å²) in [5.74, 6) is 2.11. The number of hydrogen-bond donors (Lipinski definition) is 2. The van der Waals surface area contributed by atoms with E-state index in [0.717, 1.165) is 24.0 Å². The highest BCUT2D eigenvalue weighted by Gasteiger charge is 2.13. The Morgan fingerprint density at radius 2 is 2.05 bits per heavy atom. The minimum atomic E-state index is -0.312. The second-order valence-electron chi connectivity index (χ2n) is 8.42. The fourth-order valence-corrected chi connectivity index (χ4v) is 4.14. The fraction of sp³-hybridized carbons (Fsp3) is 0.185. The van der Waals surface area contributed by atoms with Gasteiger partial charge in [0.1, 0.15) is 36.1 Å². The van der Waals surface area contributed by atoms with E-state index in [1.807, 2.05) is 25.2 Å². The first kappa shape index (κ1) is 25.2. The lowest BCUT2D eigenvalue weighted by molar-refractivity contribution is 0.306. The summed E-state index contributed by atoms with van der Waals surface area (Å²) in [6.45, 7) is 1.72. The predicted molar refractivity (Wildman–Crippen MR) is 147 cm³/mol. The summed E-state index contributed by atoms with van der Waals surface area (Å²) < 4.78 is 24.8. The van der Waals surface area contributed by atoms with Crippen molar-refractivity contribution in [1.29, 1.82) is 0 Å². The molecule has 0 radical (unpaired) electrons. The Kier molecular flexibility index (Phi) is 7.50. The fourth-order valence-electron chi connectivity index (χ4n) is 3.90. The number of nitrogens with one attached hydrogen (secondary N) is 2. The van der Waals surface area contributed by atoms with Gasteiger partial charge in [-0.05, 0) is 42.0 Å². The number of methoxy groups -OCH3 is 1. The lowest BCUT2D eigenvalue weighted by Gasteiger charge is -2.14. The Bertz CT molecular complexity index is 1530. The number of halogens is 2. The smallest absolute Gasteiger partial charge is 0.214 e. The van der Waals surface area contributed by atoms with E-state index in [1.165, 1.54) is 18.5 Å². The second kappa shape index (κ2) is 11.3. The first-order chi connectivity index (χ1) is 18.5. The highest BCUT2D eigenvalue weighted by Crippen LogP contribution is 2.32. The monoisotopic (exact) mass is 533 g/mol. The van der Waals surface area contributed by atoms with E-state index in [2.05, 4.69) is 30.7 Å². The van der Waals surface area contributed by atoms with E-state index in [0.29, 0.717) is 45.1 Å². The zero-order valence-electron chi connectivity index (χ0n) is 20.8. The van der Waals surface area contributed by atoms with Crippen LogP contribution in [0.15, 0.2) is 71.0 Å². The quantitative estimate of drug-likeness (QED) is 0.243. The highest BCUT2D eigenvalue weighted by molar-refractivity contribution is 6.32. The molecule has 0 saturated carbocycles. The highest BCUT2D eigenvalue weighted by atomic mass is 35.5. The molecule has 1 aromatic heterocycles. The van der Waals surface area contributed by atoms with E-state index in [1.54, 1.807) is 42.6 Å². The molecule has 0 saturated heterocycles. The summed E-state index contributed by atoms with van der Waals surface area (Å²) in [6, 6.07) is 15.3. The Balaban J connectivity index is 1.37. The third-order valence-corrected chi connectivity index (χ3v) is 6.09. The van der Waals surface area contributed by atoms with Gasteiger partial charge in [0.25, 0.3) is 0 Å². The van der Waals surface area contributed by atoms with E-state index < -0.39 is 0 Å². The van der Waals surface area contributed by atoms with Crippen LogP contribution in [0.1, 0.15) is 11.1 Å². The molecule has 38 heavy (non-hydrogen) atoms. The average molecular weight is 534 g/mol. The molecule has 1 aliphatic rings. The zero-order chi connectivity index (χ0) is 26.5. The SMILES string of the molecule is COc1cc2ncnc(Nc3ccc(OCc4cccc(F)c4)c(Cl)c3)c2cc1C=NN(C)C1=NCCN1. The van der Waals surface area contributed by atoms with Crippen LogP contribution in [0.5, 0.6) is 11.5 Å². The molecule has 3 aromatic carbocycles. The third-order valence-electron chi connectivity index (χ3n) is 5.80. The molecule has 0 amide bonds. The lowest BCUT2D eigenvalue weighted by atomic mass is 10.1. The number of nitrogens with zero attached hydrogens (tertiary/aromatic N) is 5. The van der Waals surface area contributed by atoms with Crippen molar-refractivity contribution in [3.8, 4) is 11.5 Å². The maximum absolute atomic E-state index is 13.4. The van der Waals surface area contributed by atoms with Crippen molar-refractivity contribution in [3.63, 3.8) is 0 Å². The van der Waals surface area contributed by atoms with Crippen LogP contribution in [-0.4, -0.2) is 54.4 Å². The van der Waals surface area contributed by atoms with Crippen LogP contribution in [0.3, 0.4) is 0 Å². The summed E-state index contributed by atoms with van der Waals surface area (Å²) in [5.41, 5.74) is 2.88. The normalized spacial score (nSPS) is 12.9. The number of aliphatic imine (C=N–C) groups is 1. The predicted octanol–water partition coefficient (Wildman–Crippen LogP) is 4.98. The number of fused-ring (bicyclic) bond motifs is 1. The van der Waals surface area contributed by atoms with Gasteiger partial charge >= 0.3 is 0 Å². The maximum atomic E-state index is 13.4. The lowest BCUT2D eigenvalue weighted by Crippen LogP contribution is -2.32. The third kappa shape index (κ3) is 5.76. The first-order valence-corrected chi connectivity index (χ1v) is 12.2. The molecular formula is C27H25ClFN7O2. The number of anilines is 2. The van der Waals surface area contributed by atoms with E-state index in [-0.39, 0.29) is 12.4 Å². The molecule has 0 fully saturated rings. The van der Waals surface area contributed by atoms with Crippen LogP contribution in [0.4, 0.5) is 15.9 Å². The van der Waals surface area contributed by atoms with Gasteiger partial charge < -0.3 is 20.1 Å². The molecule has 5 rings (SSSR count). The van der Waals surface area contributed by atoms with Gasteiger partial charge in [-0.15, -0.1) is 0 Å². The minimum absolute atomic E-state index is 0.200. The van der Waals surface area contributed by atoms with Gasteiger partial charge in [0.05, 0.1) is 30.4 Å². The number of benzene rings is 3. The number of rotatable bonds is 8. The molecule has 194 valence electrons. The Morgan fingerprint density at radius 1 is 1.16 bits per heavy atom. The number of hydrogen-bond acceptors (Lipinski definition) is 9. The number of ether oxygens (including phenoxy) is 2. The van der Waals surface area contributed by atoms with Crippen molar-refractivity contribution in [2.45, 2.75) is 6.61 Å². The summed E-state index contributed by atoms with van der Waals surface area (Å²) in [5, 5.41) is 13.8. The van der Waals surface area contributed by atoms with E-state index in [9.17, 15) is 4.39 Å². The summed E-state index contributed by atoms with van der Waals surface area (Å²) >= 11 is 6.48. The van der Waals surface area contributed by atoms with Gasteiger partial charge in [-0.3, -0.25) is 0 Å². The van der Waals surface area contributed by atoms with Gasteiger partial charge in [0.2, 0.25) is 5.96 Å². The van der Waals surface area contributed by atoms with Crippen LogP contribution < -0.4 is 20.1 Å². The van der Waals surface area contributed by atoms with E-state index in [4.69, 9.17) is 21.1 Å². The molecule has 0 bridgehead atoms. The largest absolute Gasteiger partial charge is 0.496 e. The van der Waals surface area contributed by atoms with Gasteiger partial charge in [0, 0.05) is 36.3 Å². The minimum Gasteiger partial charge on any atom is -0.496 e. The molecule has 2 N–H and O–H groups in total. The average Bonchev–Trinajstić information content (AvgIpc) is 3.46. The van der Waals surface area contributed by atoms with Crippen LogP contribution in [0.25, 0.3) is 10.9 Å². The number of aromatic nitrogens is 2. The standard InChI is InChI=1S/C27H25ClFN7O2/c1-36(27-30-8-9-31-27)34-14-18-11-21-23(13-25(18)37-2)32-16-33-26(21)35-20-6-7-24(22(28)12-20)38-15-17-4-3-5-19(29)10-17/h3-7,10-14,16H,8-9,15H2,1-2H3,(H,30,31)(H,32,33,35). The maximum Gasteiger partial charge on any atom is 0.214 e. The van der Waals surface area contributed by atoms with Crippen LogP contribution in [0.2, 0.25) is 5.02 Å². The molecule has 0 atom stereocenters. The van der Waals surface area contributed by atoms with Crippen LogP contribution >= 0.6 is 11.6 Å². The molecule has 0 spiro atoms. The van der Waals surface area contributed by atoms with Crippen LogP contribution in [0, 0.1) is 5.82 Å². The molecule has 4 aromatic rings. The Hall–Kier alpha value is -4.44. The summed E-state index contributed by atoms with van der Waals surface area (Å²) in [7, 11) is 3.43. The molecular weight excluding hydrogens is 509 g/mol. The van der Waals surface area contributed by atoms with Crippen molar-refractivity contribution in [1.82, 2.24) is 20.3 Å². The molecule has 2 heterocycles. The molecule has 0 aliphatic carbocycles. The van der Waals surface area contributed by atoms with Crippen molar-refractivity contribution in [3.05, 3.63) is 82.9 Å². The van der Waals surface area contributed by atoms with Gasteiger partial charge in [-0.1, -0.05) is 23.7 Å². The Morgan fingerprint density at radius 3 is 2.82 bits per heavy atom. The molecule has 1 aliphatic heterocycles. The first-order valence-electron chi connectivity index (χ1n) is 11.8. The van der Waals surface area contributed by atoms with Gasteiger partial charge in [-0.2, -0.15) is 5.10 Å². The van der Waals surface area contributed by atoms with Crippen LogP contribution in [-0.2, 0) is 6.61 Å². The number of guanidine groups is 1. The second-order valence-corrected chi connectivity index (χ2v) is 8.83. The van der Waals surface area contributed by atoms with E-state index >= 15 is 0 Å². The molecule has 9 nitrogen and oxygen atoms in total. The Labute approximate surface area is 224 Å².